The number of benzene rings is 2. The monoisotopic (exact) mass is 324 g/mol. The highest BCUT2D eigenvalue weighted by Crippen LogP contribution is 2.25. The van der Waals surface area contributed by atoms with Crippen LogP contribution in [0.5, 0.6) is 11.5 Å². The molecular weight excluding hydrogens is 308 g/mol. The minimum Gasteiger partial charge on any atom is -0.423 e. The molecule has 0 radical (unpaired) electrons. The second-order valence-corrected chi connectivity index (χ2v) is 5.19. The molecule has 0 fully saturated rings. The Bertz CT molecular complexity index is 858. The largest absolute Gasteiger partial charge is 0.423 e. The second-order valence-electron chi connectivity index (χ2n) is 5.19. The molecule has 3 aromatic rings. The molecule has 0 aliphatic carbocycles. The van der Waals surface area contributed by atoms with Gasteiger partial charge in [0.2, 0.25) is 0 Å². The standard InChI is InChI=1S/C18H16N2O4/c1-12(20-18(22)23-13-7-3-2-4-8-13)17(21)24-16-11-19-15-10-6-5-9-14(15)16/h2-12,19H,1H3,(H,20,22)/t12-/m0/s1. The highest BCUT2D eigenvalue weighted by molar-refractivity contribution is 5.90. The average Bonchev–Trinajstić information content (AvgIpc) is 2.99. The normalized spacial score (nSPS) is 11.7. The van der Waals surface area contributed by atoms with Gasteiger partial charge in [0.15, 0.2) is 5.75 Å². The van der Waals surface area contributed by atoms with E-state index < -0.39 is 18.1 Å². The first-order valence-electron chi connectivity index (χ1n) is 7.44. The van der Waals surface area contributed by atoms with Crippen LogP contribution in [0.3, 0.4) is 0 Å². The van der Waals surface area contributed by atoms with Gasteiger partial charge in [0.05, 0.1) is 0 Å². The van der Waals surface area contributed by atoms with E-state index in [1.807, 2.05) is 30.3 Å². The highest BCUT2D eigenvalue weighted by Gasteiger charge is 2.20. The fourth-order valence-corrected chi connectivity index (χ4v) is 2.19. The smallest absolute Gasteiger partial charge is 0.413 e. The number of aromatic nitrogens is 1. The summed E-state index contributed by atoms with van der Waals surface area (Å²) in [6, 6.07) is 15.2. The van der Waals surface area contributed by atoms with Crippen LogP contribution in [0.1, 0.15) is 6.92 Å². The molecule has 2 N–H and O–H groups in total. The number of carbonyl (C=O) groups is 2. The number of rotatable bonds is 4. The maximum Gasteiger partial charge on any atom is 0.413 e. The Labute approximate surface area is 138 Å². The fourth-order valence-electron chi connectivity index (χ4n) is 2.19. The van der Waals surface area contributed by atoms with E-state index in [1.54, 1.807) is 30.5 Å². The van der Waals surface area contributed by atoms with Crippen molar-refractivity contribution in [1.29, 1.82) is 0 Å². The van der Waals surface area contributed by atoms with Crippen molar-refractivity contribution in [2.45, 2.75) is 13.0 Å². The van der Waals surface area contributed by atoms with Gasteiger partial charge in [-0.3, -0.25) is 0 Å². The zero-order chi connectivity index (χ0) is 16.9. The molecular formula is C18H16N2O4. The summed E-state index contributed by atoms with van der Waals surface area (Å²) in [6.07, 6.45) is 0.891. The molecule has 1 amide bonds. The topological polar surface area (TPSA) is 80.4 Å². The van der Waals surface area contributed by atoms with Gasteiger partial charge in [0.25, 0.3) is 0 Å². The van der Waals surface area contributed by atoms with Gasteiger partial charge in [0, 0.05) is 17.1 Å². The number of fused-ring (bicyclic) bond motifs is 1. The van der Waals surface area contributed by atoms with Gasteiger partial charge in [-0.1, -0.05) is 30.3 Å². The molecule has 0 aliphatic heterocycles. The predicted octanol–water partition coefficient (Wildman–Crippen LogP) is 3.25. The Balaban J connectivity index is 1.59. The van der Waals surface area contributed by atoms with Crippen LogP contribution in [0.2, 0.25) is 0 Å². The summed E-state index contributed by atoms with van der Waals surface area (Å²) in [7, 11) is 0. The van der Waals surface area contributed by atoms with E-state index in [2.05, 4.69) is 10.3 Å². The van der Waals surface area contributed by atoms with Crippen LogP contribution in [0.25, 0.3) is 10.9 Å². The number of H-pyrrole nitrogens is 1. The predicted molar refractivity (Wildman–Crippen MR) is 89.0 cm³/mol. The molecule has 1 heterocycles. The molecule has 122 valence electrons. The zero-order valence-electron chi connectivity index (χ0n) is 13.0. The van der Waals surface area contributed by atoms with Gasteiger partial charge in [-0.25, -0.2) is 9.59 Å². The lowest BCUT2D eigenvalue weighted by Crippen LogP contribution is -2.42. The van der Waals surface area contributed by atoms with Crippen LogP contribution in [0.4, 0.5) is 4.79 Å². The van der Waals surface area contributed by atoms with Gasteiger partial charge in [-0.05, 0) is 31.2 Å². The minimum absolute atomic E-state index is 0.396. The van der Waals surface area contributed by atoms with E-state index in [-0.39, 0.29) is 0 Å². The van der Waals surface area contributed by atoms with Crippen molar-refractivity contribution >= 4 is 23.0 Å². The van der Waals surface area contributed by atoms with Crippen LogP contribution in [-0.2, 0) is 4.79 Å². The van der Waals surface area contributed by atoms with Gasteiger partial charge in [0.1, 0.15) is 11.8 Å². The van der Waals surface area contributed by atoms with E-state index in [9.17, 15) is 9.59 Å². The van der Waals surface area contributed by atoms with Crippen LogP contribution < -0.4 is 14.8 Å². The molecule has 0 spiro atoms. The van der Waals surface area contributed by atoms with Crippen molar-refractivity contribution in [3.05, 3.63) is 60.8 Å². The molecule has 0 unspecified atom stereocenters. The third-order valence-corrected chi connectivity index (χ3v) is 3.40. The van der Waals surface area contributed by atoms with E-state index in [4.69, 9.17) is 9.47 Å². The van der Waals surface area contributed by atoms with Crippen LogP contribution in [-0.4, -0.2) is 23.1 Å². The Morgan fingerprint density at radius 1 is 1.00 bits per heavy atom. The van der Waals surface area contributed by atoms with Gasteiger partial charge < -0.3 is 19.8 Å². The van der Waals surface area contributed by atoms with E-state index in [0.717, 1.165) is 10.9 Å². The lowest BCUT2D eigenvalue weighted by atomic mass is 10.2. The first-order chi connectivity index (χ1) is 11.6. The number of nitrogens with one attached hydrogen (secondary N) is 2. The van der Waals surface area contributed by atoms with E-state index in [0.29, 0.717) is 11.5 Å². The quantitative estimate of drug-likeness (QED) is 0.722. The number of ether oxygens (including phenoxy) is 2. The maximum absolute atomic E-state index is 12.1. The van der Waals surface area contributed by atoms with Crippen molar-refractivity contribution in [3.63, 3.8) is 0 Å². The Morgan fingerprint density at radius 3 is 2.50 bits per heavy atom. The second kappa shape index (κ2) is 6.87. The van der Waals surface area contributed by atoms with E-state index >= 15 is 0 Å². The van der Waals surface area contributed by atoms with Crippen LogP contribution in [0, 0.1) is 0 Å². The fraction of sp³-hybridized carbons (Fsp3) is 0.111. The summed E-state index contributed by atoms with van der Waals surface area (Å²) in [4.78, 5) is 26.9. The summed E-state index contributed by atoms with van der Waals surface area (Å²) in [5.74, 6) is 0.234. The number of esters is 1. The molecule has 0 aliphatic rings. The molecule has 0 saturated carbocycles. The number of amides is 1. The summed E-state index contributed by atoms with van der Waals surface area (Å²) in [5, 5.41) is 3.24. The average molecular weight is 324 g/mol. The zero-order valence-corrected chi connectivity index (χ0v) is 13.0. The van der Waals surface area contributed by atoms with Crippen LogP contribution >= 0.6 is 0 Å². The number of carbonyl (C=O) groups excluding carboxylic acids is 2. The molecule has 2 aromatic carbocycles. The third-order valence-electron chi connectivity index (χ3n) is 3.40. The molecule has 6 nitrogen and oxygen atoms in total. The summed E-state index contributed by atoms with van der Waals surface area (Å²) in [5.41, 5.74) is 0.865. The maximum atomic E-state index is 12.1. The number of aromatic amines is 1. The Hall–Kier alpha value is -3.28. The Morgan fingerprint density at radius 2 is 1.71 bits per heavy atom. The highest BCUT2D eigenvalue weighted by atomic mass is 16.6. The van der Waals surface area contributed by atoms with Gasteiger partial charge in [-0.15, -0.1) is 0 Å². The van der Waals surface area contributed by atoms with Crippen molar-refractivity contribution < 1.29 is 19.1 Å². The SMILES string of the molecule is C[C@H](NC(=O)Oc1ccccc1)C(=O)Oc1c[nH]c2ccccc12. The number of hydrogen-bond donors (Lipinski definition) is 2. The van der Waals surface area contributed by atoms with Gasteiger partial charge >= 0.3 is 12.1 Å². The first-order valence-corrected chi connectivity index (χ1v) is 7.44. The van der Waals surface area contributed by atoms with Gasteiger partial charge in [-0.2, -0.15) is 0 Å². The van der Waals surface area contributed by atoms with Crippen molar-refractivity contribution in [2.24, 2.45) is 0 Å². The number of hydrogen-bond acceptors (Lipinski definition) is 4. The summed E-state index contributed by atoms with van der Waals surface area (Å²) < 4.78 is 10.4. The molecule has 1 atom stereocenters. The molecule has 1 aromatic heterocycles. The van der Waals surface area contributed by atoms with Crippen molar-refractivity contribution in [3.8, 4) is 11.5 Å². The first kappa shape index (κ1) is 15.6. The van der Waals surface area contributed by atoms with Crippen molar-refractivity contribution in [1.82, 2.24) is 10.3 Å². The molecule has 6 heteroatoms. The number of para-hydroxylation sites is 2. The molecule has 3 rings (SSSR count). The Kier molecular flexibility index (Phi) is 4.47. The molecule has 0 bridgehead atoms. The third kappa shape index (κ3) is 3.55. The summed E-state index contributed by atoms with van der Waals surface area (Å²) in [6.45, 7) is 1.53. The van der Waals surface area contributed by atoms with Crippen molar-refractivity contribution in [2.75, 3.05) is 0 Å². The van der Waals surface area contributed by atoms with Crippen LogP contribution in [0.15, 0.2) is 60.8 Å². The van der Waals surface area contributed by atoms with E-state index in [1.165, 1.54) is 6.92 Å². The summed E-state index contributed by atoms with van der Waals surface area (Å²) >= 11 is 0. The molecule has 0 saturated heterocycles. The lowest BCUT2D eigenvalue weighted by molar-refractivity contribution is -0.136. The minimum atomic E-state index is -0.852. The molecule has 24 heavy (non-hydrogen) atoms. The lowest BCUT2D eigenvalue weighted by Gasteiger charge is -2.12.